The standard InChI is InChI=1S/C48H43ClN6O/c1-2-3-28-45-50-46(49)44(35-56-34-37-18-8-4-9-19-37)54(45)33-36-29-31-38(32-30-36)42-26-16-17-27-43(42)47-51-52-53-55(47)48(39-20-10-5-11-21-39,40-22-12-6-13-23-40)41-24-14-7-15-25-41/h4-27,29-32H,2-3,28,33-35H2,1H3. The minimum atomic E-state index is -0.857. The zero-order chi connectivity index (χ0) is 38.2. The lowest BCUT2D eigenvalue weighted by atomic mass is 9.77. The summed E-state index contributed by atoms with van der Waals surface area (Å²) in [6.45, 7) is 3.71. The van der Waals surface area contributed by atoms with E-state index in [0.29, 0.717) is 30.7 Å². The molecule has 2 aromatic heterocycles. The summed E-state index contributed by atoms with van der Waals surface area (Å²) in [5, 5.41) is 14.4. The largest absolute Gasteiger partial charge is 0.370 e. The Morgan fingerprint density at radius 3 is 1.75 bits per heavy atom. The lowest BCUT2D eigenvalue weighted by Crippen LogP contribution is -2.39. The summed E-state index contributed by atoms with van der Waals surface area (Å²) in [6.07, 6.45) is 2.96. The van der Waals surface area contributed by atoms with Crippen molar-refractivity contribution in [1.82, 2.24) is 29.8 Å². The van der Waals surface area contributed by atoms with Crippen LogP contribution in [-0.4, -0.2) is 29.8 Å². The molecule has 56 heavy (non-hydrogen) atoms. The van der Waals surface area contributed by atoms with E-state index < -0.39 is 5.54 Å². The van der Waals surface area contributed by atoms with E-state index in [1.165, 1.54) is 0 Å². The third-order valence-electron chi connectivity index (χ3n) is 10.3. The normalized spacial score (nSPS) is 11.5. The number of rotatable bonds is 15. The first-order valence-electron chi connectivity index (χ1n) is 19.2. The van der Waals surface area contributed by atoms with Crippen LogP contribution in [0, 0.1) is 0 Å². The number of hydrogen-bond donors (Lipinski definition) is 0. The predicted octanol–water partition coefficient (Wildman–Crippen LogP) is 10.8. The molecule has 8 rings (SSSR count). The lowest BCUT2D eigenvalue weighted by Gasteiger charge is -2.36. The Labute approximate surface area is 333 Å². The Bertz CT molecular complexity index is 2370. The van der Waals surface area contributed by atoms with Crippen molar-refractivity contribution in [3.8, 4) is 22.5 Å². The van der Waals surface area contributed by atoms with Crippen LogP contribution in [0.4, 0.5) is 0 Å². The molecule has 6 aromatic carbocycles. The Morgan fingerprint density at radius 2 is 1.16 bits per heavy atom. The molecule has 0 saturated carbocycles. The molecule has 0 N–H and O–H groups in total. The Morgan fingerprint density at radius 1 is 0.607 bits per heavy atom. The smallest absolute Gasteiger partial charge is 0.184 e. The van der Waals surface area contributed by atoms with Gasteiger partial charge < -0.3 is 9.30 Å². The number of aromatic nitrogens is 6. The third-order valence-corrected chi connectivity index (χ3v) is 10.6. The van der Waals surface area contributed by atoms with E-state index in [2.05, 4.69) is 144 Å². The van der Waals surface area contributed by atoms with Crippen LogP contribution >= 0.6 is 11.6 Å². The molecule has 0 bridgehead atoms. The lowest BCUT2D eigenvalue weighted by molar-refractivity contribution is 0.102. The molecule has 0 aliphatic carbocycles. The summed E-state index contributed by atoms with van der Waals surface area (Å²) in [7, 11) is 0. The molecule has 0 fully saturated rings. The van der Waals surface area contributed by atoms with Crippen molar-refractivity contribution >= 4 is 11.6 Å². The highest BCUT2D eigenvalue weighted by Gasteiger charge is 2.42. The maximum absolute atomic E-state index is 6.78. The Balaban J connectivity index is 1.16. The summed E-state index contributed by atoms with van der Waals surface area (Å²) in [5.41, 5.74) is 8.48. The highest BCUT2D eigenvalue weighted by Crippen LogP contribution is 2.43. The Kier molecular flexibility index (Phi) is 11.2. The van der Waals surface area contributed by atoms with Crippen LogP contribution in [0.15, 0.2) is 170 Å². The summed E-state index contributed by atoms with van der Waals surface area (Å²) in [6, 6.07) is 58.7. The predicted molar refractivity (Wildman–Crippen MR) is 223 cm³/mol. The molecule has 7 nitrogen and oxygen atoms in total. The molecular weight excluding hydrogens is 712 g/mol. The first-order valence-corrected chi connectivity index (χ1v) is 19.5. The van der Waals surface area contributed by atoms with Gasteiger partial charge in [0.1, 0.15) is 11.4 Å². The van der Waals surface area contributed by atoms with Crippen LogP contribution in [0.1, 0.15) is 59.1 Å². The van der Waals surface area contributed by atoms with Crippen molar-refractivity contribution in [2.75, 3.05) is 0 Å². The summed E-state index contributed by atoms with van der Waals surface area (Å²) < 4.78 is 10.4. The fourth-order valence-electron chi connectivity index (χ4n) is 7.58. The van der Waals surface area contributed by atoms with Crippen molar-refractivity contribution in [2.45, 2.75) is 51.5 Å². The number of unbranched alkanes of at least 4 members (excludes halogenated alkanes) is 1. The quantitative estimate of drug-likeness (QED) is 0.0975. The highest BCUT2D eigenvalue weighted by molar-refractivity contribution is 6.30. The van der Waals surface area contributed by atoms with Crippen LogP contribution in [0.5, 0.6) is 0 Å². The number of aryl methyl sites for hydroxylation is 1. The molecule has 0 aliphatic rings. The number of ether oxygens (including phenoxy) is 1. The molecule has 2 heterocycles. The van der Waals surface area contributed by atoms with Crippen molar-refractivity contribution in [2.24, 2.45) is 0 Å². The van der Waals surface area contributed by atoms with Gasteiger partial charge in [-0.05, 0) is 55.8 Å². The summed E-state index contributed by atoms with van der Waals surface area (Å²) in [4.78, 5) is 4.80. The number of halogens is 1. The van der Waals surface area contributed by atoms with E-state index in [1.807, 2.05) is 47.1 Å². The van der Waals surface area contributed by atoms with E-state index in [4.69, 9.17) is 31.6 Å². The first-order chi connectivity index (χ1) is 27.7. The second-order valence-corrected chi connectivity index (χ2v) is 14.3. The van der Waals surface area contributed by atoms with Gasteiger partial charge in [0.15, 0.2) is 11.0 Å². The van der Waals surface area contributed by atoms with Crippen LogP contribution < -0.4 is 0 Å². The van der Waals surface area contributed by atoms with E-state index >= 15 is 0 Å². The fraction of sp³-hybridized carbons (Fsp3) is 0.167. The molecule has 0 radical (unpaired) electrons. The molecule has 0 amide bonds. The minimum Gasteiger partial charge on any atom is -0.370 e. The average Bonchev–Trinajstić information content (AvgIpc) is 3.86. The van der Waals surface area contributed by atoms with Gasteiger partial charge in [-0.25, -0.2) is 9.67 Å². The summed E-state index contributed by atoms with van der Waals surface area (Å²) >= 11 is 6.78. The van der Waals surface area contributed by atoms with Gasteiger partial charge in [0.25, 0.3) is 0 Å². The topological polar surface area (TPSA) is 70.7 Å². The van der Waals surface area contributed by atoms with Crippen molar-refractivity contribution in [3.63, 3.8) is 0 Å². The molecule has 8 aromatic rings. The fourth-order valence-corrected chi connectivity index (χ4v) is 7.84. The molecule has 0 unspecified atom stereocenters. The van der Waals surface area contributed by atoms with E-state index in [1.54, 1.807) is 0 Å². The van der Waals surface area contributed by atoms with Crippen LogP contribution in [-0.2, 0) is 36.5 Å². The SMILES string of the molecule is CCCCc1nc(Cl)c(COCc2ccccc2)n1Cc1ccc(-c2ccccc2-c2nnnn2C(c2ccccc2)(c2ccccc2)c2ccccc2)cc1. The number of tetrazole rings is 1. The monoisotopic (exact) mass is 754 g/mol. The van der Waals surface area contributed by atoms with Crippen molar-refractivity contribution in [3.05, 3.63) is 214 Å². The van der Waals surface area contributed by atoms with Gasteiger partial charge in [0.05, 0.1) is 18.9 Å². The average molecular weight is 755 g/mol. The van der Waals surface area contributed by atoms with Gasteiger partial charge in [-0.3, -0.25) is 0 Å². The van der Waals surface area contributed by atoms with Gasteiger partial charge in [-0.15, -0.1) is 5.10 Å². The second-order valence-electron chi connectivity index (χ2n) is 13.9. The van der Waals surface area contributed by atoms with Crippen LogP contribution in [0.25, 0.3) is 22.5 Å². The van der Waals surface area contributed by atoms with Crippen LogP contribution in [0.2, 0.25) is 5.15 Å². The van der Waals surface area contributed by atoms with Gasteiger partial charge in [0.2, 0.25) is 0 Å². The van der Waals surface area contributed by atoms with Gasteiger partial charge in [-0.1, -0.05) is 195 Å². The maximum Gasteiger partial charge on any atom is 0.184 e. The zero-order valence-electron chi connectivity index (χ0n) is 31.4. The summed E-state index contributed by atoms with van der Waals surface area (Å²) in [5.74, 6) is 1.64. The number of hydrogen-bond acceptors (Lipinski definition) is 5. The zero-order valence-corrected chi connectivity index (χ0v) is 32.1. The molecular formula is C48H43ClN6O. The third kappa shape index (κ3) is 7.44. The van der Waals surface area contributed by atoms with E-state index in [-0.39, 0.29) is 0 Å². The molecule has 0 aliphatic heterocycles. The first kappa shape index (κ1) is 36.8. The van der Waals surface area contributed by atoms with Gasteiger partial charge in [0, 0.05) is 18.5 Å². The molecule has 8 heteroatoms. The van der Waals surface area contributed by atoms with Crippen molar-refractivity contribution < 1.29 is 4.74 Å². The number of imidazole rings is 1. The molecule has 0 saturated heterocycles. The number of benzene rings is 6. The van der Waals surface area contributed by atoms with Crippen molar-refractivity contribution in [1.29, 1.82) is 0 Å². The molecule has 278 valence electrons. The number of nitrogens with zero attached hydrogens (tertiary/aromatic N) is 6. The van der Waals surface area contributed by atoms with E-state index in [0.717, 1.165) is 75.3 Å². The molecule has 0 spiro atoms. The highest BCUT2D eigenvalue weighted by atomic mass is 35.5. The molecule has 0 atom stereocenters. The van der Waals surface area contributed by atoms with Crippen LogP contribution in [0.3, 0.4) is 0 Å². The minimum absolute atomic E-state index is 0.378. The van der Waals surface area contributed by atoms with E-state index in [9.17, 15) is 0 Å². The van der Waals surface area contributed by atoms with Gasteiger partial charge >= 0.3 is 0 Å². The maximum atomic E-state index is 6.78. The second kappa shape index (κ2) is 17.1. The van der Waals surface area contributed by atoms with Gasteiger partial charge in [-0.2, -0.15) is 0 Å². The Hall–Kier alpha value is -6.15.